The minimum atomic E-state index is -1.16. The van der Waals surface area contributed by atoms with E-state index in [0.717, 1.165) is 35.1 Å². The van der Waals surface area contributed by atoms with Crippen LogP contribution in [0.25, 0.3) is 11.1 Å². The van der Waals surface area contributed by atoms with Crippen molar-refractivity contribution in [2.75, 3.05) is 27.2 Å². The molecule has 1 atom stereocenters. The lowest BCUT2D eigenvalue weighted by Crippen LogP contribution is -2.60. The lowest BCUT2D eigenvalue weighted by atomic mass is 9.95. The maximum absolute atomic E-state index is 13.2. The van der Waals surface area contributed by atoms with Crippen LogP contribution in [0.2, 0.25) is 0 Å². The predicted octanol–water partition coefficient (Wildman–Crippen LogP) is 3.36. The molecule has 0 heterocycles. The Bertz CT molecular complexity index is 1050. The van der Waals surface area contributed by atoms with Crippen LogP contribution in [0, 0.1) is 0 Å². The maximum atomic E-state index is 13.2. The van der Waals surface area contributed by atoms with Crippen LogP contribution in [0.1, 0.15) is 49.1 Å². The van der Waals surface area contributed by atoms with Crippen molar-refractivity contribution in [1.29, 1.82) is 0 Å². The zero-order chi connectivity index (χ0) is 25.0. The van der Waals surface area contributed by atoms with Gasteiger partial charge in [0.15, 0.2) is 0 Å². The first kappa shape index (κ1) is 24.7. The summed E-state index contributed by atoms with van der Waals surface area (Å²) in [5.74, 6) is -1.63. The largest absolute Gasteiger partial charge is 0.480 e. The number of hydrogen-bond acceptors (Lipinski definition) is 5. The molecule has 0 spiro atoms. The van der Waals surface area contributed by atoms with E-state index >= 15 is 0 Å². The molecule has 2 aromatic carbocycles. The summed E-state index contributed by atoms with van der Waals surface area (Å²) in [5.41, 5.74) is 3.34. The van der Waals surface area contributed by atoms with Crippen molar-refractivity contribution in [3.05, 3.63) is 59.7 Å². The van der Waals surface area contributed by atoms with Crippen molar-refractivity contribution >= 4 is 18.0 Å². The third-order valence-corrected chi connectivity index (χ3v) is 7.05. The van der Waals surface area contributed by atoms with Gasteiger partial charge < -0.3 is 25.4 Å². The first-order valence-electron chi connectivity index (χ1n) is 12.1. The third-order valence-electron chi connectivity index (χ3n) is 7.05. The molecule has 2 aromatic rings. The fourth-order valence-electron chi connectivity index (χ4n) is 5.16. The van der Waals surface area contributed by atoms with Gasteiger partial charge in [0.05, 0.1) is 0 Å². The number of fused-ring (bicyclic) bond motifs is 3. The normalized spacial score (nSPS) is 16.9. The summed E-state index contributed by atoms with van der Waals surface area (Å²) < 4.78 is 5.66. The summed E-state index contributed by atoms with van der Waals surface area (Å²) >= 11 is 0. The molecule has 0 saturated heterocycles. The van der Waals surface area contributed by atoms with Crippen LogP contribution < -0.4 is 10.6 Å². The van der Waals surface area contributed by atoms with E-state index in [1.807, 2.05) is 55.4 Å². The Balaban J connectivity index is 1.42. The van der Waals surface area contributed by atoms with Gasteiger partial charge in [-0.1, -0.05) is 61.4 Å². The molecule has 4 rings (SSSR count). The van der Waals surface area contributed by atoms with Crippen molar-refractivity contribution in [1.82, 2.24) is 15.5 Å². The molecule has 3 N–H and O–H groups in total. The second kappa shape index (κ2) is 10.5. The Morgan fingerprint density at radius 3 is 2.14 bits per heavy atom. The number of alkyl carbamates (subject to hydrolysis) is 1. The maximum Gasteiger partial charge on any atom is 0.408 e. The number of carboxylic acid groups (broad SMARTS) is 1. The highest BCUT2D eigenvalue weighted by Crippen LogP contribution is 2.44. The van der Waals surface area contributed by atoms with E-state index in [2.05, 4.69) is 22.8 Å². The van der Waals surface area contributed by atoms with E-state index < -0.39 is 29.6 Å². The van der Waals surface area contributed by atoms with E-state index in [9.17, 15) is 19.5 Å². The van der Waals surface area contributed by atoms with Crippen molar-refractivity contribution in [2.45, 2.75) is 49.6 Å². The Hall–Kier alpha value is -3.39. The van der Waals surface area contributed by atoms with E-state index in [4.69, 9.17) is 4.74 Å². The number of rotatable bonds is 9. The summed E-state index contributed by atoms with van der Waals surface area (Å²) in [6.45, 7) is 0.669. The number of nitrogens with zero attached hydrogens (tertiary/aromatic N) is 1. The Labute approximate surface area is 205 Å². The Morgan fingerprint density at radius 1 is 1.03 bits per heavy atom. The number of carbonyl (C=O) groups excluding carboxylic acids is 2. The minimum absolute atomic E-state index is 0.0797. The molecule has 186 valence electrons. The fraction of sp³-hybridized carbons (Fsp3) is 0.444. The molecule has 0 bridgehead atoms. The van der Waals surface area contributed by atoms with E-state index in [1.165, 1.54) is 0 Å². The molecule has 2 aliphatic carbocycles. The minimum Gasteiger partial charge on any atom is -0.480 e. The van der Waals surface area contributed by atoms with Crippen LogP contribution in [0.15, 0.2) is 48.5 Å². The SMILES string of the molecule is CN(C)CCC(NC(=O)C1(NC(=O)OCC2c3ccccc3-c3ccccc32)CCCC1)C(=O)O. The summed E-state index contributed by atoms with van der Waals surface area (Å²) in [5, 5.41) is 15.0. The fourth-order valence-corrected chi connectivity index (χ4v) is 5.16. The molecule has 2 amide bonds. The molecular weight excluding hydrogens is 446 g/mol. The van der Waals surface area contributed by atoms with Crippen LogP contribution in [0.3, 0.4) is 0 Å². The summed E-state index contributed by atoms with van der Waals surface area (Å²) in [6.07, 6.45) is 2.05. The van der Waals surface area contributed by atoms with Crippen molar-refractivity contribution in [2.24, 2.45) is 0 Å². The van der Waals surface area contributed by atoms with Gasteiger partial charge >= 0.3 is 12.1 Å². The number of hydrogen-bond donors (Lipinski definition) is 3. The molecule has 1 unspecified atom stereocenters. The average molecular weight is 480 g/mol. The quantitative estimate of drug-likeness (QED) is 0.509. The monoisotopic (exact) mass is 479 g/mol. The molecular formula is C27H33N3O5. The summed E-state index contributed by atoms with van der Waals surface area (Å²) in [4.78, 5) is 39.6. The lowest BCUT2D eigenvalue weighted by molar-refractivity contribution is -0.143. The van der Waals surface area contributed by atoms with Gasteiger partial charge in [-0.25, -0.2) is 9.59 Å². The number of aliphatic carboxylic acids is 1. The second-order valence-electron chi connectivity index (χ2n) is 9.70. The zero-order valence-electron chi connectivity index (χ0n) is 20.3. The third kappa shape index (κ3) is 5.32. The highest BCUT2D eigenvalue weighted by Gasteiger charge is 2.44. The lowest BCUT2D eigenvalue weighted by Gasteiger charge is -2.30. The Morgan fingerprint density at radius 2 is 1.60 bits per heavy atom. The predicted molar refractivity (Wildman–Crippen MR) is 132 cm³/mol. The highest BCUT2D eigenvalue weighted by molar-refractivity contribution is 5.93. The highest BCUT2D eigenvalue weighted by atomic mass is 16.5. The zero-order valence-corrected chi connectivity index (χ0v) is 20.3. The van der Waals surface area contributed by atoms with Gasteiger partial charge in [-0.2, -0.15) is 0 Å². The summed E-state index contributed by atoms with van der Waals surface area (Å²) in [6, 6.07) is 15.2. The number of amides is 2. The molecule has 8 heteroatoms. The van der Waals surface area contributed by atoms with Crippen LogP contribution >= 0.6 is 0 Å². The number of ether oxygens (including phenoxy) is 1. The number of carboxylic acids is 1. The molecule has 8 nitrogen and oxygen atoms in total. The van der Waals surface area contributed by atoms with Crippen LogP contribution in [0.4, 0.5) is 4.79 Å². The number of carbonyl (C=O) groups is 3. The standard InChI is InChI=1S/C27H33N3O5/c1-30(2)16-13-23(24(31)32)28-25(33)27(14-7-8-15-27)29-26(34)35-17-22-20-11-5-3-9-18(20)19-10-4-6-12-21(19)22/h3-6,9-12,22-23H,7-8,13-17H2,1-2H3,(H,28,33)(H,29,34)(H,31,32). The van der Waals surface area contributed by atoms with Gasteiger partial charge in [0.2, 0.25) is 5.91 Å². The molecule has 0 radical (unpaired) electrons. The number of nitrogens with one attached hydrogen (secondary N) is 2. The van der Waals surface area contributed by atoms with E-state index in [0.29, 0.717) is 19.4 Å². The van der Waals surface area contributed by atoms with Gasteiger partial charge in [-0.05, 0) is 55.6 Å². The average Bonchev–Trinajstić information content (AvgIpc) is 3.43. The van der Waals surface area contributed by atoms with Crippen LogP contribution in [-0.2, 0) is 14.3 Å². The van der Waals surface area contributed by atoms with Crippen LogP contribution in [-0.4, -0.2) is 66.8 Å². The first-order chi connectivity index (χ1) is 16.8. The molecule has 0 aromatic heterocycles. The van der Waals surface area contributed by atoms with Crippen molar-refractivity contribution in [3.8, 4) is 11.1 Å². The summed E-state index contributed by atoms with van der Waals surface area (Å²) in [7, 11) is 3.69. The van der Waals surface area contributed by atoms with Gasteiger partial charge in [0.25, 0.3) is 0 Å². The Kier molecular flexibility index (Phi) is 7.40. The first-order valence-corrected chi connectivity index (χ1v) is 12.1. The molecule has 1 fully saturated rings. The van der Waals surface area contributed by atoms with Crippen LogP contribution in [0.5, 0.6) is 0 Å². The van der Waals surface area contributed by atoms with Crippen molar-refractivity contribution < 1.29 is 24.2 Å². The smallest absolute Gasteiger partial charge is 0.408 e. The van der Waals surface area contributed by atoms with Gasteiger partial charge in [-0.3, -0.25) is 4.79 Å². The molecule has 1 saturated carbocycles. The van der Waals surface area contributed by atoms with E-state index in [1.54, 1.807) is 0 Å². The molecule has 2 aliphatic rings. The van der Waals surface area contributed by atoms with Gasteiger partial charge in [0.1, 0.15) is 18.2 Å². The second-order valence-corrected chi connectivity index (χ2v) is 9.70. The molecule has 35 heavy (non-hydrogen) atoms. The number of benzene rings is 2. The van der Waals surface area contributed by atoms with Gasteiger partial charge in [0, 0.05) is 12.5 Å². The van der Waals surface area contributed by atoms with Gasteiger partial charge in [-0.15, -0.1) is 0 Å². The topological polar surface area (TPSA) is 108 Å². The van der Waals surface area contributed by atoms with E-state index in [-0.39, 0.29) is 18.9 Å². The van der Waals surface area contributed by atoms with Crippen molar-refractivity contribution in [3.63, 3.8) is 0 Å². The molecule has 0 aliphatic heterocycles.